The Labute approximate surface area is 101 Å². The Bertz CT molecular complexity index is 434. The highest BCUT2D eigenvalue weighted by Gasteiger charge is 2.10. The number of carbonyl (C=O) groups is 2. The Morgan fingerprint density at radius 3 is 2.38 bits per heavy atom. The molecule has 16 heavy (non-hydrogen) atoms. The molecular weight excluding hydrogens is 276 g/mol. The summed E-state index contributed by atoms with van der Waals surface area (Å²) in [5.41, 5.74) is 0.374. The Hall–Kier alpha value is -1.62. The average molecular weight is 285 g/mol. The fraction of sp³-hybridized carbons (Fsp3) is 0.0909. The largest absolute Gasteiger partial charge is 0.502 e. The van der Waals surface area contributed by atoms with Crippen molar-refractivity contribution in [1.82, 2.24) is 0 Å². The van der Waals surface area contributed by atoms with Crippen molar-refractivity contribution in [2.45, 2.75) is 0 Å². The summed E-state index contributed by atoms with van der Waals surface area (Å²) in [4.78, 5) is 22.4. The van der Waals surface area contributed by atoms with Gasteiger partial charge in [0, 0.05) is 16.1 Å². The number of aliphatic hydroxyl groups is 1. The van der Waals surface area contributed by atoms with Gasteiger partial charge in [-0.3, -0.25) is 4.79 Å². The zero-order chi connectivity index (χ0) is 12.1. The van der Waals surface area contributed by atoms with Crippen LogP contribution in [0, 0.1) is 0 Å². The van der Waals surface area contributed by atoms with E-state index in [0.717, 1.165) is 17.7 Å². The van der Waals surface area contributed by atoms with Gasteiger partial charge in [0.1, 0.15) is 0 Å². The van der Waals surface area contributed by atoms with Gasteiger partial charge in [0.25, 0.3) is 0 Å². The van der Waals surface area contributed by atoms with Crippen LogP contribution in [0.1, 0.15) is 10.4 Å². The first kappa shape index (κ1) is 12.4. The van der Waals surface area contributed by atoms with Crippen LogP contribution in [0.15, 0.2) is 40.6 Å². The van der Waals surface area contributed by atoms with E-state index in [4.69, 9.17) is 5.11 Å². The van der Waals surface area contributed by atoms with Gasteiger partial charge in [-0.2, -0.15) is 0 Å². The highest BCUT2D eigenvalue weighted by molar-refractivity contribution is 9.10. The highest BCUT2D eigenvalue weighted by Crippen LogP contribution is 2.11. The van der Waals surface area contributed by atoms with Gasteiger partial charge in [-0.05, 0) is 24.3 Å². The maximum Gasteiger partial charge on any atom is 0.373 e. The lowest BCUT2D eigenvalue weighted by molar-refractivity contribution is -0.139. The van der Waals surface area contributed by atoms with E-state index in [1.54, 1.807) is 24.3 Å². The first-order chi connectivity index (χ1) is 7.54. The van der Waals surface area contributed by atoms with Gasteiger partial charge < -0.3 is 9.84 Å². The Morgan fingerprint density at radius 2 is 1.88 bits per heavy atom. The van der Waals surface area contributed by atoms with Crippen LogP contribution in [0.25, 0.3) is 0 Å². The second-order valence-corrected chi connectivity index (χ2v) is 3.81. The standard InChI is InChI=1S/C11H9BrO4/c1-16-11(15)10(14)6-9(13)7-2-4-8(12)5-3-7/h2-6,14H,1H3/b10-6-. The van der Waals surface area contributed by atoms with Crippen molar-refractivity contribution in [3.05, 3.63) is 46.1 Å². The fourth-order valence-corrected chi connectivity index (χ4v) is 1.25. The van der Waals surface area contributed by atoms with Crippen molar-refractivity contribution in [3.8, 4) is 0 Å². The molecule has 0 bridgehead atoms. The second kappa shape index (κ2) is 5.46. The molecule has 0 spiro atoms. The molecule has 0 unspecified atom stereocenters. The van der Waals surface area contributed by atoms with Crippen LogP contribution in [-0.4, -0.2) is 24.0 Å². The average Bonchev–Trinajstić information content (AvgIpc) is 2.28. The van der Waals surface area contributed by atoms with E-state index in [1.807, 2.05) is 0 Å². The Balaban J connectivity index is 2.87. The third-order valence-electron chi connectivity index (χ3n) is 1.79. The van der Waals surface area contributed by atoms with Crippen LogP contribution in [0.3, 0.4) is 0 Å². The smallest absolute Gasteiger partial charge is 0.373 e. The molecule has 0 aromatic heterocycles. The number of esters is 1. The molecule has 0 saturated carbocycles. The summed E-state index contributed by atoms with van der Waals surface area (Å²) in [5, 5.41) is 9.16. The van der Waals surface area contributed by atoms with Gasteiger partial charge in [-0.25, -0.2) is 4.79 Å². The molecule has 0 aliphatic rings. The Kier molecular flexibility index (Phi) is 4.25. The molecule has 4 nitrogen and oxygen atoms in total. The number of hydrogen-bond donors (Lipinski definition) is 1. The summed E-state index contributed by atoms with van der Waals surface area (Å²) >= 11 is 3.23. The molecule has 1 aromatic carbocycles. The van der Waals surface area contributed by atoms with Crippen LogP contribution in [0.5, 0.6) is 0 Å². The number of ketones is 1. The van der Waals surface area contributed by atoms with Crippen molar-refractivity contribution < 1.29 is 19.4 Å². The number of allylic oxidation sites excluding steroid dienone is 1. The van der Waals surface area contributed by atoms with E-state index in [2.05, 4.69) is 20.7 Å². The monoisotopic (exact) mass is 284 g/mol. The summed E-state index contributed by atoms with van der Waals surface area (Å²) in [6.45, 7) is 0. The van der Waals surface area contributed by atoms with Crippen molar-refractivity contribution in [1.29, 1.82) is 0 Å². The van der Waals surface area contributed by atoms with E-state index in [0.29, 0.717) is 5.56 Å². The zero-order valence-electron chi connectivity index (χ0n) is 8.44. The van der Waals surface area contributed by atoms with Gasteiger partial charge in [-0.15, -0.1) is 0 Å². The molecule has 1 rings (SSSR count). The molecule has 0 aliphatic heterocycles. The predicted octanol–water partition coefficient (Wildman–Crippen LogP) is 2.25. The number of carbonyl (C=O) groups excluding carboxylic acids is 2. The number of hydrogen-bond acceptors (Lipinski definition) is 4. The molecule has 1 aromatic rings. The molecule has 5 heteroatoms. The van der Waals surface area contributed by atoms with Crippen molar-refractivity contribution in [3.63, 3.8) is 0 Å². The minimum Gasteiger partial charge on any atom is -0.502 e. The summed E-state index contributed by atoms with van der Waals surface area (Å²) in [5.74, 6) is -2.11. The molecule has 0 heterocycles. The zero-order valence-corrected chi connectivity index (χ0v) is 10.0. The molecule has 0 atom stereocenters. The number of rotatable bonds is 3. The number of aliphatic hydroxyl groups excluding tert-OH is 1. The molecule has 0 aliphatic carbocycles. The number of benzene rings is 1. The molecule has 0 saturated heterocycles. The molecule has 0 amide bonds. The minimum atomic E-state index is -0.939. The predicted molar refractivity (Wildman–Crippen MR) is 61.2 cm³/mol. The highest BCUT2D eigenvalue weighted by atomic mass is 79.9. The SMILES string of the molecule is COC(=O)/C(O)=C/C(=O)c1ccc(Br)cc1. The maximum absolute atomic E-state index is 11.5. The van der Waals surface area contributed by atoms with Crippen LogP contribution >= 0.6 is 15.9 Å². The minimum absolute atomic E-state index is 0.374. The van der Waals surface area contributed by atoms with E-state index in [9.17, 15) is 9.59 Å². The lowest BCUT2D eigenvalue weighted by Crippen LogP contribution is -2.06. The third-order valence-corrected chi connectivity index (χ3v) is 2.32. The van der Waals surface area contributed by atoms with Gasteiger partial charge >= 0.3 is 5.97 Å². The van der Waals surface area contributed by atoms with Crippen LogP contribution in [0.4, 0.5) is 0 Å². The summed E-state index contributed by atoms with van der Waals surface area (Å²) in [6, 6.07) is 6.54. The second-order valence-electron chi connectivity index (χ2n) is 2.89. The normalized spacial score (nSPS) is 11.0. The van der Waals surface area contributed by atoms with Gasteiger partial charge in [0.05, 0.1) is 7.11 Å². The number of halogens is 1. The number of methoxy groups -OCH3 is 1. The van der Waals surface area contributed by atoms with Crippen LogP contribution < -0.4 is 0 Å². The summed E-state index contributed by atoms with van der Waals surface area (Å²) in [6.07, 6.45) is 0.828. The van der Waals surface area contributed by atoms with Crippen LogP contribution in [-0.2, 0) is 9.53 Å². The van der Waals surface area contributed by atoms with E-state index < -0.39 is 17.5 Å². The first-order valence-corrected chi connectivity index (χ1v) is 5.12. The quantitative estimate of drug-likeness (QED) is 0.400. The Morgan fingerprint density at radius 1 is 1.31 bits per heavy atom. The molecule has 0 fully saturated rings. The summed E-state index contributed by atoms with van der Waals surface area (Å²) < 4.78 is 5.09. The molecule has 84 valence electrons. The van der Waals surface area contributed by atoms with Crippen molar-refractivity contribution in [2.75, 3.05) is 7.11 Å². The molecule has 1 N–H and O–H groups in total. The van der Waals surface area contributed by atoms with Gasteiger partial charge in [0.2, 0.25) is 5.76 Å². The topological polar surface area (TPSA) is 63.6 Å². The number of ether oxygens (including phenoxy) is 1. The molecular formula is C11H9BrO4. The summed E-state index contributed by atoms with van der Waals surface area (Å²) in [7, 11) is 1.12. The van der Waals surface area contributed by atoms with Gasteiger partial charge in [0.15, 0.2) is 5.78 Å². The van der Waals surface area contributed by atoms with E-state index >= 15 is 0 Å². The maximum atomic E-state index is 11.5. The van der Waals surface area contributed by atoms with Gasteiger partial charge in [-0.1, -0.05) is 15.9 Å². The fourth-order valence-electron chi connectivity index (χ4n) is 0.985. The van der Waals surface area contributed by atoms with E-state index in [-0.39, 0.29) is 0 Å². The van der Waals surface area contributed by atoms with Crippen LogP contribution in [0.2, 0.25) is 0 Å². The van der Waals surface area contributed by atoms with E-state index in [1.165, 1.54) is 0 Å². The first-order valence-electron chi connectivity index (χ1n) is 4.33. The lowest BCUT2D eigenvalue weighted by atomic mass is 10.1. The van der Waals surface area contributed by atoms with Crippen molar-refractivity contribution in [2.24, 2.45) is 0 Å². The lowest BCUT2D eigenvalue weighted by Gasteiger charge is -1.98. The molecule has 0 radical (unpaired) electrons. The van der Waals surface area contributed by atoms with Crippen molar-refractivity contribution >= 4 is 27.7 Å². The third kappa shape index (κ3) is 3.20.